The molecule has 1 saturated heterocycles. The number of hydrogen-bond donors (Lipinski definition) is 1. The molecule has 1 heterocycles. The number of esters is 2. The van der Waals surface area contributed by atoms with Crippen LogP contribution in [0.4, 0.5) is 0 Å². The number of benzene rings is 2. The number of carbonyl (C=O) groups excluding carboxylic acids is 2. The van der Waals surface area contributed by atoms with Crippen LogP contribution in [0.15, 0.2) is 54.6 Å². The maximum Gasteiger partial charge on any atom is 0.339 e. The third kappa shape index (κ3) is 3.92. The molecule has 0 bridgehead atoms. The zero-order chi connectivity index (χ0) is 23.3. The topological polar surface area (TPSA) is 132 Å². The molecule has 1 aliphatic heterocycles. The van der Waals surface area contributed by atoms with Crippen molar-refractivity contribution in [1.29, 1.82) is 5.26 Å². The number of nitro groups is 1. The number of ether oxygens (including phenoxy) is 2. The summed E-state index contributed by atoms with van der Waals surface area (Å²) in [4.78, 5) is 38.4. The molecule has 0 unspecified atom stereocenters. The van der Waals surface area contributed by atoms with Crippen molar-refractivity contribution >= 4 is 11.9 Å². The van der Waals surface area contributed by atoms with Crippen molar-refractivity contribution in [2.75, 3.05) is 13.2 Å². The molecule has 0 saturated carbocycles. The summed E-state index contributed by atoms with van der Waals surface area (Å²) in [6.45, 7) is 3.14. The first-order chi connectivity index (χ1) is 15.4. The van der Waals surface area contributed by atoms with Crippen LogP contribution in [0.5, 0.6) is 0 Å². The Kier molecular flexibility index (Phi) is 6.85. The molecule has 1 N–H and O–H groups in total. The molecular weight excluding hydrogens is 414 g/mol. The molecule has 0 amide bonds. The largest absolute Gasteiger partial charge is 0.464 e. The molecule has 3 rings (SSSR count). The lowest BCUT2D eigenvalue weighted by Gasteiger charge is -2.30. The van der Waals surface area contributed by atoms with E-state index in [4.69, 9.17) is 14.7 Å². The van der Waals surface area contributed by atoms with Crippen LogP contribution >= 0.6 is 0 Å². The fraction of sp³-hybridized carbons (Fsp3) is 0.348. The monoisotopic (exact) mass is 437 g/mol. The molecule has 2 aromatic rings. The van der Waals surface area contributed by atoms with Gasteiger partial charge in [0.15, 0.2) is 0 Å². The summed E-state index contributed by atoms with van der Waals surface area (Å²) in [5, 5.41) is 24.4. The average Bonchev–Trinajstić information content (AvgIpc) is 3.18. The van der Waals surface area contributed by atoms with Gasteiger partial charge in [0.25, 0.3) is 0 Å². The smallest absolute Gasteiger partial charge is 0.339 e. The van der Waals surface area contributed by atoms with E-state index in [1.54, 1.807) is 56.3 Å². The minimum atomic E-state index is -2.12. The van der Waals surface area contributed by atoms with E-state index in [1.165, 1.54) is 12.1 Å². The van der Waals surface area contributed by atoms with Crippen LogP contribution in [0.2, 0.25) is 0 Å². The van der Waals surface area contributed by atoms with Crippen molar-refractivity contribution in [2.45, 2.75) is 37.4 Å². The highest BCUT2D eigenvalue weighted by molar-refractivity contribution is 6.07. The highest BCUT2D eigenvalue weighted by Crippen LogP contribution is 2.47. The molecule has 0 radical (unpaired) electrons. The van der Waals surface area contributed by atoms with Crippen molar-refractivity contribution in [3.05, 3.63) is 81.4 Å². The van der Waals surface area contributed by atoms with Gasteiger partial charge in [0.1, 0.15) is 6.04 Å². The SMILES string of the molecule is CCOC(=O)C1(C(=O)OCC)N[C@H](c2ccc(C#N)cc2)[C@@H]([N+](=O)[O-])[C@@H]1c1ccccc1. The first kappa shape index (κ1) is 22.9. The quantitative estimate of drug-likeness (QED) is 0.302. The molecular formula is C23H23N3O6. The van der Waals surface area contributed by atoms with Crippen molar-refractivity contribution in [1.82, 2.24) is 5.32 Å². The fourth-order valence-corrected chi connectivity index (χ4v) is 4.21. The van der Waals surface area contributed by atoms with Gasteiger partial charge < -0.3 is 9.47 Å². The number of nitriles is 1. The number of rotatable bonds is 7. The van der Waals surface area contributed by atoms with Crippen LogP contribution in [0.1, 0.15) is 42.5 Å². The second kappa shape index (κ2) is 9.58. The maximum absolute atomic E-state index is 13.3. The van der Waals surface area contributed by atoms with Gasteiger partial charge in [-0.05, 0) is 37.1 Å². The predicted octanol–water partition coefficient (Wildman–Crippen LogP) is 2.50. The van der Waals surface area contributed by atoms with Crippen molar-refractivity contribution in [2.24, 2.45) is 0 Å². The summed E-state index contributed by atoms with van der Waals surface area (Å²) in [6, 6.07) is 14.2. The van der Waals surface area contributed by atoms with E-state index in [0.29, 0.717) is 16.7 Å². The fourth-order valence-electron chi connectivity index (χ4n) is 4.21. The van der Waals surface area contributed by atoms with E-state index in [1.807, 2.05) is 6.07 Å². The van der Waals surface area contributed by atoms with E-state index >= 15 is 0 Å². The lowest BCUT2D eigenvalue weighted by atomic mass is 9.77. The normalized spacial score (nSPS) is 21.3. The molecule has 3 atom stereocenters. The first-order valence-electron chi connectivity index (χ1n) is 10.2. The van der Waals surface area contributed by atoms with Gasteiger partial charge in [-0.25, -0.2) is 9.59 Å². The van der Waals surface area contributed by atoms with E-state index in [9.17, 15) is 19.7 Å². The van der Waals surface area contributed by atoms with Gasteiger partial charge >= 0.3 is 11.9 Å². The Morgan fingerprint density at radius 3 is 2.06 bits per heavy atom. The Bertz CT molecular complexity index is 1010. The second-order valence-electron chi connectivity index (χ2n) is 7.27. The van der Waals surface area contributed by atoms with Crippen LogP contribution in [-0.4, -0.2) is 41.7 Å². The minimum absolute atomic E-state index is 0.0200. The molecule has 1 fully saturated rings. The van der Waals surface area contributed by atoms with Crippen LogP contribution in [0.3, 0.4) is 0 Å². The van der Waals surface area contributed by atoms with Gasteiger partial charge in [-0.1, -0.05) is 42.5 Å². The van der Waals surface area contributed by atoms with Crippen LogP contribution < -0.4 is 5.32 Å². The molecule has 0 spiro atoms. The summed E-state index contributed by atoms with van der Waals surface area (Å²) >= 11 is 0. The Morgan fingerprint density at radius 2 is 1.59 bits per heavy atom. The van der Waals surface area contributed by atoms with E-state index < -0.39 is 40.4 Å². The lowest BCUT2D eigenvalue weighted by molar-refractivity contribution is -0.527. The van der Waals surface area contributed by atoms with E-state index in [2.05, 4.69) is 5.32 Å². The van der Waals surface area contributed by atoms with Crippen molar-refractivity contribution in [3.8, 4) is 6.07 Å². The first-order valence-corrected chi connectivity index (χ1v) is 10.2. The summed E-state index contributed by atoms with van der Waals surface area (Å²) in [7, 11) is 0. The summed E-state index contributed by atoms with van der Waals surface area (Å²) < 4.78 is 10.5. The molecule has 2 aromatic carbocycles. The van der Waals surface area contributed by atoms with Crippen LogP contribution in [0.25, 0.3) is 0 Å². The highest BCUT2D eigenvalue weighted by Gasteiger charge is 2.69. The van der Waals surface area contributed by atoms with Gasteiger partial charge in [-0.15, -0.1) is 0 Å². The summed E-state index contributed by atoms with van der Waals surface area (Å²) in [5.41, 5.74) is -0.851. The molecule has 32 heavy (non-hydrogen) atoms. The average molecular weight is 437 g/mol. The number of hydrogen-bond acceptors (Lipinski definition) is 8. The second-order valence-corrected chi connectivity index (χ2v) is 7.27. The Labute approximate surface area is 185 Å². The van der Waals surface area contributed by atoms with Crippen LogP contribution in [0, 0.1) is 21.4 Å². The maximum atomic E-state index is 13.3. The molecule has 0 aliphatic carbocycles. The molecule has 0 aromatic heterocycles. The molecule has 9 heteroatoms. The molecule has 1 aliphatic rings. The Morgan fingerprint density at radius 1 is 1.03 bits per heavy atom. The number of nitrogens with zero attached hydrogens (tertiary/aromatic N) is 2. The van der Waals surface area contributed by atoms with Gasteiger partial charge in [0.2, 0.25) is 11.6 Å². The molecule has 9 nitrogen and oxygen atoms in total. The van der Waals surface area contributed by atoms with Gasteiger partial charge in [-0.3, -0.25) is 15.4 Å². The van der Waals surface area contributed by atoms with Crippen molar-refractivity contribution < 1.29 is 24.0 Å². The predicted molar refractivity (Wildman–Crippen MR) is 113 cm³/mol. The van der Waals surface area contributed by atoms with E-state index in [-0.39, 0.29) is 13.2 Å². The third-order valence-electron chi connectivity index (χ3n) is 5.53. The summed E-state index contributed by atoms with van der Waals surface area (Å²) in [5.74, 6) is -3.07. The van der Waals surface area contributed by atoms with E-state index in [0.717, 1.165) is 0 Å². The lowest BCUT2D eigenvalue weighted by Crippen LogP contribution is -2.60. The molecule has 166 valence electrons. The minimum Gasteiger partial charge on any atom is -0.464 e. The number of nitrogens with one attached hydrogen (secondary N) is 1. The van der Waals surface area contributed by atoms with Crippen LogP contribution in [-0.2, 0) is 19.1 Å². The standard InChI is InChI=1S/C23H23N3O6/c1-3-31-21(27)23(22(28)32-4-2)18(16-8-6-5-7-9-16)20(26(29)30)19(25-23)17-12-10-15(14-24)11-13-17/h5-13,18-20,25H,3-4H2,1-2H3/t18-,19+,20-/m0/s1. The highest BCUT2D eigenvalue weighted by atomic mass is 16.6. The van der Waals surface area contributed by atoms with Gasteiger partial charge in [0, 0.05) is 4.92 Å². The van der Waals surface area contributed by atoms with Gasteiger partial charge in [-0.2, -0.15) is 5.26 Å². The van der Waals surface area contributed by atoms with Gasteiger partial charge in [0.05, 0.1) is 30.8 Å². The Balaban J connectivity index is 2.26. The summed E-state index contributed by atoms with van der Waals surface area (Å²) in [6.07, 6.45) is 0. The zero-order valence-corrected chi connectivity index (χ0v) is 17.7. The zero-order valence-electron chi connectivity index (χ0n) is 17.7. The number of carbonyl (C=O) groups is 2. The third-order valence-corrected chi connectivity index (χ3v) is 5.53. The van der Waals surface area contributed by atoms with Crippen molar-refractivity contribution in [3.63, 3.8) is 0 Å². The Hall–Kier alpha value is -3.77.